The van der Waals surface area contributed by atoms with Gasteiger partial charge < -0.3 is 4.52 Å². The molecule has 108 valence electrons. The van der Waals surface area contributed by atoms with Gasteiger partial charge in [0, 0.05) is 12.6 Å². The van der Waals surface area contributed by atoms with E-state index in [0.717, 1.165) is 12.1 Å². The summed E-state index contributed by atoms with van der Waals surface area (Å²) in [6.45, 7) is 0. The van der Waals surface area contributed by atoms with E-state index in [-0.39, 0.29) is 5.82 Å². The summed E-state index contributed by atoms with van der Waals surface area (Å²) < 4.78 is 32.7. The second-order valence-electron chi connectivity index (χ2n) is 4.10. The maximum absolute atomic E-state index is 13.2. The van der Waals surface area contributed by atoms with Gasteiger partial charge in [-0.05, 0) is 18.2 Å². The van der Waals surface area contributed by atoms with Crippen LogP contribution in [0.15, 0.2) is 34.2 Å². The van der Waals surface area contributed by atoms with Crippen molar-refractivity contribution in [3.63, 3.8) is 0 Å². The molecule has 0 saturated carbocycles. The van der Waals surface area contributed by atoms with Gasteiger partial charge in [-0.15, -0.1) is 0 Å². The number of rotatable bonds is 4. The number of halogens is 2. The Balaban J connectivity index is 1.74. The molecule has 0 saturated heterocycles. The average Bonchev–Trinajstić information content (AvgIpc) is 3.09. The van der Waals surface area contributed by atoms with Gasteiger partial charge in [0.05, 0.1) is 5.75 Å². The largest absolute Gasteiger partial charge is 0.338 e. The van der Waals surface area contributed by atoms with Crippen LogP contribution in [0.1, 0.15) is 5.89 Å². The molecule has 0 bridgehead atoms. The Labute approximate surface area is 122 Å². The molecule has 0 fully saturated rings. The summed E-state index contributed by atoms with van der Waals surface area (Å²) in [5.41, 5.74) is 0.354. The van der Waals surface area contributed by atoms with Crippen LogP contribution < -0.4 is 0 Å². The molecular weight excluding hydrogens is 300 g/mol. The van der Waals surface area contributed by atoms with Crippen molar-refractivity contribution < 1.29 is 13.3 Å². The normalized spacial score (nSPS) is 11.0. The van der Waals surface area contributed by atoms with E-state index in [4.69, 9.17) is 4.52 Å². The molecule has 3 rings (SSSR count). The van der Waals surface area contributed by atoms with Crippen LogP contribution in [-0.2, 0) is 12.8 Å². The Morgan fingerprint density at radius 1 is 1.29 bits per heavy atom. The average molecular weight is 309 g/mol. The summed E-state index contributed by atoms with van der Waals surface area (Å²) in [6, 6.07) is 3.44. The van der Waals surface area contributed by atoms with Gasteiger partial charge in [0.15, 0.2) is 16.8 Å². The Bertz CT molecular complexity index is 773. The summed E-state index contributed by atoms with van der Waals surface area (Å²) in [7, 11) is 1.77. The van der Waals surface area contributed by atoms with Gasteiger partial charge in [0.2, 0.25) is 11.7 Å². The van der Waals surface area contributed by atoms with Crippen molar-refractivity contribution >= 4 is 11.8 Å². The zero-order chi connectivity index (χ0) is 14.8. The first-order valence-corrected chi connectivity index (χ1v) is 6.87. The molecule has 0 spiro atoms. The van der Waals surface area contributed by atoms with E-state index in [1.54, 1.807) is 11.7 Å². The third-order valence-corrected chi connectivity index (χ3v) is 3.66. The van der Waals surface area contributed by atoms with Crippen LogP contribution in [0.3, 0.4) is 0 Å². The van der Waals surface area contributed by atoms with Gasteiger partial charge >= 0.3 is 0 Å². The van der Waals surface area contributed by atoms with Crippen LogP contribution in [0, 0.1) is 11.6 Å². The Morgan fingerprint density at radius 2 is 2.14 bits per heavy atom. The zero-order valence-electron chi connectivity index (χ0n) is 10.8. The number of aryl methyl sites for hydroxylation is 1. The topological polar surface area (TPSA) is 69.6 Å². The molecule has 6 nitrogen and oxygen atoms in total. The maximum atomic E-state index is 13.2. The molecule has 0 N–H and O–H groups in total. The van der Waals surface area contributed by atoms with E-state index in [1.807, 2.05) is 0 Å². The summed E-state index contributed by atoms with van der Waals surface area (Å²) >= 11 is 1.38. The maximum Gasteiger partial charge on any atom is 0.237 e. The fourth-order valence-electron chi connectivity index (χ4n) is 1.61. The minimum atomic E-state index is -0.952. The predicted molar refractivity (Wildman–Crippen MR) is 70.2 cm³/mol. The van der Waals surface area contributed by atoms with E-state index in [1.165, 1.54) is 24.2 Å². The van der Waals surface area contributed by atoms with Gasteiger partial charge in [-0.25, -0.2) is 18.4 Å². The van der Waals surface area contributed by atoms with Crippen molar-refractivity contribution in [3.8, 4) is 11.4 Å². The number of benzene rings is 1. The Hall–Kier alpha value is -2.29. The van der Waals surface area contributed by atoms with Gasteiger partial charge in [-0.1, -0.05) is 16.9 Å². The minimum Gasteiger partial charge on any atom is -0.338 e. The highest BCUT2D eigenvalue weighted by Crippen LogP contribution is 2.22. The van der Waals surface area contributed by atoms with E-state index in [2.05, 4.69) is 20.2 Å². The van der Waals surface area contributed by atoms with Crippen molar-refractivity contribution in [2.75, 3.05) is 0 Å². The lowest BCUT2D eigenvalue weighted by atomic mass is 10.2. The third kappa shape index (κ3) is 2.92. The summed E-state index contributed by atoms with van der Waals surface area (Å²) in [6.07, 6.45) is 1.45. The molecule has 1 aromatic carbocycles. The predicted octanol–water partition coefficient (Wildman–Crippen LogP) is 2.44. The molecule has 0 atom stereocenters. The van der Waals surface area contributed by atoms with Crippen LogP contribution in [0.2, 0.25) is 0 Å². The van der Waals surface area contributed by atoms with Crippen LogP contribution in [0.4, 0.5) is 8.78 Å². The SMILES string of the molecule is Cn1ncnc1SCc1nc(-c2ccc(F)c(F)c2)no1. The molecule has 3 aromatic rings. The molecule has 21 heavy (non-hydrogen) atoms. The van der Waals surface area contributed by atoms with E-state index in [0.29, 0.717) is 22.4 Å². The van der Waals surface area contributed by atoms with Crippen molar-refractivity contribution in [3.05, 3.63) is 42.1 Å². The monoisotopic (exact) mass is 309 g/mol. The lowest BCUT2D eigenvalue weighted by Gasteiger charge is -1.96. The smallest absolute Gasteiger partial charge is 0.237 e. The molecular formula is C12H9F2N5OS. The number of thioether (sulfide) groups is 1. The van der Waals surface area contributed by atoms with Crippen molar-refractivity contribution in [2.45, 2.75) is 10.9 Å². The fourth-order valence-corrected chi connectivity index (χ4v) is 2.33. The molecule has 2 aromatic heterocycles. The van der Waals surface area contributed by atoms with Gasteiger partial charge in [0.25, 0.3) is 0 Å². The number of hydrogen-bond acceptors (Lipinski definition) is 6. The molecule has 0 aliphatic heterocycles. The highest BCUT2D eigenvalue weighted by Gasteiger charge is 2.12. The zero-order valence-corrected chi connectivity index (χ0v) is 11.6. The molecule has 0 amide bonds. The first-order valence-electron chi connectivity index (χ1n) is 5.88. The quantitative estimate of drug-likeness (QED) is 0.689. The second-order valence-corrected chi connectivity index (χ2v) is 5.04. The van der Waals surface area contributed by atoms with Crippen LogP contribution in [0.5, 0.6) is 0 Å². The minimum absolute atomic E-state index is 0.211. The number of aromatic nitrogens is 5. The fraction of sp³-hybridized carbons (Fsp3) is 0.167. The van der Waals surface area contributed by atoms with Gasteiger partial charge in [-0.3, -0.25) is 0 Å². The molecule has 0 unspecified atom stereocenters. The third-order valence-electron chi connectivity index (χ3n) is 2.64. The van der Waals surface area contributed by atoms with E-state index >= 15 is 0 Å². The van der Waals surface area contributed by atoms with Gasteiger partial charge in [0.1, 0.15) is 6.33 Å². The number of hydrogen-bond donors (Lipinski definition) is 0. The summed E-state index contributed by atoms with van der Waals surface area (Å²) in [5.74, 6) is -0.888. The van der Waals surface area contributed by atoms with E-state index in [9.17, 15) is 8.78 Å². The van der Waals surface area contributed by atoms with Crippen molar-refractivity contribution in [2.24, 2.45) is 7.05 Å². The highest BCUT2D eigenvalue weighted by atomic mass is 32.2. The highest BCUT2D eigenvalue weighted by molar-refractivity contribution is 7.98. The molecule has 0 aliphatic rings. The Kier molecular flexibility index (Phi) is 3.65. The lowest BCUT2D eigenvalue weighted by Crippen LogP contribution is -1.93. The first kappa shape index (κ1) is 13.7. The van der Waals surface area contributed by atoms with Crippen molar-refractivity contribution in [1.82, 2.24) is 24.9 Å². The molecule has 0 aliphatic carbocycles. The Morgan fingerprint density at radius 3 is 2.86 bits per heavy atom. The number of nitrogens with zero attached hydrogens (tertiary/aromatic N) is 5. The summed E-state index contributed by atoms with van der Waals surface area (Å²) in [5, 5.41) is 8.40. The standard InChI is InChI=1S/C12H9F2N5OS/c1-19-12(15-6-16-19)21-5-10-17-11(18-20-10)7-2-3-8(13)9(14)4-7/h2-4,6H,5H2,1H3. The van der Waals surface area contributed by atoms with Crippen molar-refractivity contribution in [1.29, 1.82) is 0 Å². The second kappa shape index (κ2) is 5.60. The lowest BCUT2D eigenvalue weighted by molar-refractivity contribution is 0.391. The van der Waals surface area contributed by atoms with Crippen LogP contribution in [-0.4, -0.2) is 24.9 Å². The molecule has 0 radical (unpaired) electrons. The van der Waals surface area contributed by atoms with Gasteiger partial charge in [-0.2, -0.15) is 10.1 Å². The summed E-state index contributed by atoms with van der Waals surface area (Å²) in [4.78, 5) is 8.19. The molecule has 9 heteroatoms. The van der Waals surface area contributed by atoms with E-state index < -0.39 is 11.6 Å². The van der Waals surface area contributed by atoms with Crippen LogP contribution >= 0.6 is 11.8 Å². The van der Waals surface area contributed by atoms with Crippen LogP contribution in [0.25, 0.3) is 11.4 Å². The molecule has 2 heterocycles. The first-order chi connectivity index (χ1) is 10.1.